The third-order valence-electron chi connectivity index (χ3n) is 2.54. The molecule has 5 heteroatoms. The van der Waals surface area contributed by atoms with Crippen LogP contribution in [-0.4, -0.2) is 0 Å². The normalized spacial score (nSPS) is 11.0. The van der Waals surface area contributed by atoms with Gasteiger partial charge in [0, 0.05) is 21.0 Å². The van der Waals surface area contributed by atoms with E-state index in [1.165, 1.54) is 0 Å². The average Bonchev–Trinajstić information content (AvgIpc) is 2.33. The summed E-state index contributed by atoms with van der Waals surface area (Å²) in [5.41, 5.74) is 2.29. The van der Waals surface area contributed by atoms with Crippen LogP contribution < -0.4 is 0 Å². The summed E-state index contributed by atoms with van der Waals surface area (Å²) >= 11 is 28.6. The van der Waals surface area contributed by atoms with Crippen molar-refractivity contribution in [2.24, 2.45) is 0 Å². The first-order valence-electron chi connectivity index (χ1n) is 5.06. The summed E-state index contributed by atoms with van der Waals surface area (Å²) in [4.78, 5) is -0.107. The fraction of sp³-hybridized carbons (Fsp3) is 0.0769. The van der Waals surface area contributed by atoms with E-state index >= 15 is 0 Å². The van der Waals surface area contributed by atoms with E-state index in [4.69, 9.17) is 46.4 Å². The third kappa shape index (κ3) is 2.76. The van der Waals surface area contributed by atoms with Crippen molar-refractivity contribution >= 4 is 59.0 Å². The minimum absolute atomic E-state index is 0.450. The van der Waals surface area contributed by atoms with Crippen molar-refractivity contribution < 1.29 is 0 Å². The van der Waals surface area contributed by atoms with Crippen molar-refractivity contribution in [2.75, 3.05) is 0 Å². The van der Waals surface area contributed by atoms with Crippen LogP contribution in [0, 0.1) is 0 Å². The van der Waals surface area contributed by atoms with E-state index in [9.17, 15) is 0 Å². The van der Waals surface area contributed by atoms with Gasteiger partial charge in [-0.15, -0.1) is 12.6 Å². The lowest BCUT2D eigenvalue weighted by molar-refractivity contribution is 1.29. The molecule has 0 aliphatic rings. The van der Waals surface area contributed by atoms with Crippen LogP contribution in [-0.2, 0) is 0 Å². The number of benzene rings is 2. The topological polar surface area (TPSA) is 0 Å². The van der Waals surface area contributed by atoms with Gasteiger partial charge in [-0.1, -0.05) is 70.7 Å². The van der Waals surface area contributed by atoms with E-state index in [1.54, 1.807) is 12.1 Å². The number of halogens is 4. The van der Waals surface area contributed by atoms with Crippen LogP contribution in [0.15, 0.2) is 41.3 Å². The van der Waals surface area contributed by atoms with Crippen molar-refractivity contribution in [2.45, 2.75) is 9.73 Å². The molecule has 18 heavy (non-hydrogen) atoms. The lowest BCUT2D eigenvalue weighted by Gasteiger charge is -2.15. The van der Waals surface area contributed by atoms with Gasteiger partial charge in [-0.2, -0.15) is 0 Å². The number of rotatable bonds is 2. The Labute approximate surface area is 131 Å². The van der Waals surface area contributed by atoms with Crippen molar-refractivity contribution in [3.05, 3.63) is 52.0 Å². The Bertz CT molecular complexity index is 581. The SMILES string of the molecule is Sc1ccc(-c2ccccc2Cl)c(C(Cl)Cl)c1Cl. The quantitative estimate of drug-likeness (QED) is 0.474. The van der Waals surface area contributed by atoms with Gasteiger partial charge in [-0.05, 0) is 17.7 Å². The first kappa shape index (κ1) is 14.4. The van der Waals surface area contributed by atoms with Crippen LogP contribution in [0.2, 0.25) is 10.0 Å². The Balaban J connectivity index is 2.73. The highest BCUT2D eigenvalue weighted by molar-refractivity contribution is 7.80. The zero-order chi connectivity index (χ0) is 13.3. The third-order valence-corrected chi connectivity index (χ3v) is 4.22. The molecule has 94 valence electrons. The number of thiol groups is 1. The molecule has 2 aromatic rings. The fourth-order valence-corrected chi connectivity index (χ4v) is 2.98. The van der Waals surface area contributed by atoms with Gasteiger partial charge in [0.25, 0.3) is 0 Å². The number of hydrogen-bond donors (Lipinski definition) is 1. The Hall–Kier alpha value is -0.0500. The second kappa shape index (κ2) is 5.94. The smallest absolute Gasteiger partial charge is 0.134 e. The molecular weight excluding hydrogens is 330 g/mol. The molecule has 2 rings (SSSR count). The van der Waals surface area contributed by atoms with Crippen molar-refractivity contribution in [1.82, 2.24) is 0 Å². The molecule has 0 spiro atoms. The fourth-order valence-electron chi connectivity index (χ4n) is 1.71. The molecule has 0 unspecified atom stereocenters. The van der Waals surface area contributed by atoms with Crippen molar-refractivity contribution in [3.63, 3.8) is 0 Å². The molecule has 0 heterocycles. The number of hydrogen-bond acceptors (Lipinski definition) is 1. The van der Waals surface area contributed by atoms with Crippen LogP contribution in [0.3, 0.4) is 0 Å². The maximum atomic E-state index is 6.21. The molecule has 0 amide bonds. The molecule has 0 atom stereocenters. The van der Waals surface area contributed by atoms with Gasteiger partial charge >= 0.3 is 0 Å². The molecule has 0 aliphatic heterocycles. The minimum atomic E-state index is -0.740. The highest BCUT2D eigenvalue weighted by Crippen LogP contribution is 2.43. The zero-order valence-corrected chi connectivity index (χ0v) is 12.9. The molecule has 0 bridgehead atoms. The summed E-state index contributed by atoms with van der Waals surface area (Å²) in [6.07, 6.45) is 0. The van der Waals surface area contributed by atoms with E-state index in [0.717, 1.165) is 11.1 Å². The van der Waals surface area contributed by atoms with Crippen molar-refractivity contribution in [1.29, 1.82) is 0 Å². The zero-order valence-electron chi connectivity index (χ0n) is 9.00. The monoisotopic (exact) mass is 336 g/mol. The van der Waals surface area contributed by atoms with Gasteiger partial charge in [-0.3, -0.25) is 0 Å². The summed E-state index contributed by atoms with van der Waals surface area (Å²) in [5.74, 6) is 0. The van der Waals surface area contributed by atoms with E-state index in [2.05, 4.69) is 12.6 Å². The summed E-state index contributed by atoms with van der Waals surface area (Å²) in [6, 6.07) is 11.1. The van der Waals surface area contributed by atoms with Gasteiger partial charge < -0.3 is 0 Å². The van der Waals surface area contributed by atoms with Crippen LogP contribution in [0.4, 0.5) is 0 Å². The average molecular weight is 338 g/mol. The molecule has 0 nitrogen and oxygen atoms in total. The first-order chi connectivity index (χ1) is 8.52. The first-order valence-corrected chi connectivity index (χ1v) is 7.14. The summed E-state index contributed by atoms with van der Waals surface area (Å²) in [5, 5.41) is 1.07. The lowest BCUT2D eigenvalue weighted by Crippen LogP contribution is -1.92. The van der Waals surface area contributed by atoms with Gasteiger partial charge in [-0.25, -0.2) is 0 Å². The molecule has 0 radical (unpaired) electrons. The second-order valence-electron chi connectivity index (χ2n) is 3.64. The van der Waals surface area contributed by atoms with Gasteiger partial charge in [0.05, 0.1) is 5.02 Å². The summed E-state index contributed by atoms with van der Waals surface area (Å²) in [6.45, 7) is 0. The van der Waals surface area contributed by atoms with Crippen molar-refractivity contribution in [3.8, 4) is 11.1 Å². The van der Waals surface area contributed by atoms with Crippen LogP contribution >= 0.6 is 59.0 Å². The summed E-state index contributed by atoms with van der Waals surface area (Å²) < 4.78 is 0. The molecular formula is C13H8Cl4S. The molecule has 0 saturated heterocycles. The van der Waals surface area contributed by atoms with Crippen LogP contribution in [0.5, 0.6) is 0 Å². The standard InChI is InChI=1S/C13H8Cl4S/c14-9-4-2-1-3-7(9)8-5-6-10(18)12(15)11(8)13(16)17/h1-6,13,18H. The van der Waals surface area contributed by atoms with Gasteiger partial charge in [0.1, 0.15) is 4.84 Å². The molecule has 0 fully saturated rings. The Morgan fingerprint density at radius 3 is 2.17 bits per heavy atom. The van der Waals surface area contributed by atoms with E-state index in [0.29, 0.717) is 20.5 Å². The van der Waals surface area contributed by atoms with E-state index in [1.807, 2.05) is 24.3 Å². The van der Waals surface area contributed by atoms with E-state index in [-0.39, 0.29) is 0 Å². The van der Waals surface area contributed by atoms with E-state index < -0.39 is 4.84 Å². The Morgan fingerprint density at radius 1 is 0.889 bits per heavy atom. The maximum absolute atomic E-state index is 6.21. The van der Waals surface area contributed by atoms with Gasteiger partial charge in [0.2, 0.25) is 0 Å². The minimum Gasteiger partial charge on any atom is -0.142 e. The maximum Gasteiger partial charge on any atom is 0.134 e. The molecule has 0 aromatic heterocycles. The second-order valence-corrected chi connectivity index (χ2v) is 6.00. The molecule has 0 saturated carbocycles. The number of alkyl halides is 2. The van der Waals surface area contributed by atoms with Crippen LogP contribution in [0.25, 0.3) is 11.1 Å². The molecule has 0 aliphatic carbocycles. The lowest BCUT2D eigenvalue weighted by atomic mass is 10.0. The van der Waals surface area contributed by atoms with Gasteiger partial charge in [0.15, 0.2) is 0 Å². The Morgan fingerprint density at radius 2 is 1.56 bits per heavy atom. The highest BCUT2D eigenvalue weighted by Gasteiger charge is 2.18. The molecule has 2 aromatic carbocycles. The Kier molecular flexibility index (Phi) is 4.74. The largest absolute Gasteiger partial charge is 0.142 e. The van der Waals surface area contributed by atoms with Crippen LogP contribution in [0.1, 0.15) is 10.4 Å². The molecule has 0 N–H and O–H groups in total. The highest BCUT2D eigenvalue weighted by atomic mass is 35.5. The summed E-state index contributed by atoms with van der Waals surface area (Å²) in [7, 11) is 0. The predicted octanol–water partition coefficient (Wildman–Crippen LogP) is 6.43. The predicted molar refractivity (Wildman–Crippen MR) is 83.6 cm³/mol.